The van der Waals surface area contributed by atoms with Gasteiger partial charge < -0.3 is 10.2 Å². The SMILES string of the molecule is Cc1cc(C)c(N2CC(C(=O)Nc3c(C)cccc3[N+](=O)[O-])CC2=O)c(C)c1. The number of aryl methyl sites for hydroxylation is 4. The van der Waals surface area contributed by atoms with Crippen LogP contribution in [0.15, 0.2) is 30.3 Å². The number of hydrogen-bond donors (Lipinski definition) is 1. The molecule has 1 atom stereocenters. The molecule has 0 spiro atoms. The van der Waals surface area contributed by atoms with Gasteiger partial charge in [-0.15, -0.1) is 0 Å². The van der Waals surface area contributed by atoms with Crippen molar-refractivity contribution < 1.29 is 14.5 Å². The molecule has 1 heterocycles. The van der Waals surface area contributed by atoms with Crippen LogP contribution >= 0.6 is 0 Å². The van der Waals surface area contributed by atoms with E-state index in [9.17, 15) is 19.7 Å². The van der Waals surface area contributed by atoms with E-state index in [4.69, 9.17) is 0 Å². The van der Waals surface area contributed by atoms with Crippen LogP contribution in [0.2, 0.25) is 0 Å². The predicted octanol–water partition coefficient (Wildman–Crippen LogP) is 3.82. The molecule has 1 aliphatic rings. The topological polar surface area (TPSA) is 92.6 Å². The van der Waals surface area contributed by atoms with Crippen molar-refractivity contribution in [2.45, 2.75) is 34.1 Å². The van der Waals surface area contributed by atoms with Crippen molar-refractivity contribution in [1.29, 1.82) is 0 Å². The van der Waals surface area contributed by atoms with Gasteiger partial charge in [0.25, 0.3) is 5.69 Å². The summed E-state index contributed by atoms with van der Waals surface area (Å²) in [5, 5.41) is 13.9. The predicted molar refractivity (Wildman–Crippen MR) is 108 cm³/mol. The number of anilines is 2. The second-order valence-electron chi connectivity index (χ2n) is 7.37. The van der Waals surface area contributed by atoms with Crippen molar-refractivity contribution in [3.05, 3.63) is 62.7 Å². The van der Waals surface area contributed by atoms with E-state index in [2.05, 4.69) is 5.32 Å². The van der Waals surface area contributed by atoms with Crippen molar-refractivity contribution in [2.75, 3.05) is 16.8 Å². The summed E-state index contributed by atoms with van der Waals surface area (Å²) in [7, 11) is 0. The smallest absolute Gasteiger partial charge is 0.293 e. The Morgan fingerprint density at radius 1 is 1.14 bits per heavy atom. The minimum atomic E-state index is -0.563. The van der Waals surface area contributed by atoms with Gasteiger partial charge in [0.2, 0.25) is 11.8 Å². The summed E-state index contributed by atoms with van der Waals surface area (Å²) in [5.41, 5.74) is 4.57. The van der Waals surface area contributed by atoms with Gasteiger partial charge in [0, 0.05) is 24.7 Å². The van der Waals surface area contributed by atoms with E-state index < -0.39 is 10.8 Å². The number of nitro groups is 1. The molecule has 2 aromatic rings. The standard InChI is InChI=1S/C21H23N3O4/c1-12-8-14(3)20(15(4)9-12)23-11-16(10-18(23)25)21(26)22-19-13(2)6-5-7-17(19)24(27)28/h5-9,16H,10-11H2,1-4H3,(H,22,26). The van der Waals surface area contributed by atoms with Crippen molar-refractivity contribution in [3.8, 4) is 0 Å². The lowest BCUT2D eigenvalue weighted by molar-refractivity contribution is -0.384. The normalized spacial score (nSPS) is 16.4. The van der Waals surface area contributed by atoms with Gasteiger partial charge in [0.15, 0.2) is 0 Å². The zero-order valence-electron chi connectivity index (χ0n) is 16.4. The molecule has 0 bridgehead atoms. The second kappa shape index (κ2) is 7.42. The fourth-order valence-electron chi connectivity index (χ4n) is 3.89. The molecule has 0 radical (unpaired) electrons. The highest BCUT2D eigenvalue weighted by atomic mass is 16.6. The van der Waals surface area contributed by atoms with Crippen molar-refractivity contribution in [3.63, 3.8) is 0 Å². The van der Waals surface area contributed by atoms with E-state index in [1.54, 1.807) is 24.0 Å². The van der Waals surface area contributed by atoms with Gasteiger partial charge in [0.1, 0.15) is 5.69 Å². The number of benzene rings is 2. The molecule has 2 amide bonds. The monoisotopic (exact) mass is 381 g/mol. The van der Waals surface area contributed by atoms with E-state index in [0.29, 0.717) is 5.56 Å². The summed E-state index contributed by atoms with van der Waals surface area (Å²) in [6, 6.07) is 8.66. The highest BCUT2D eigenvalue weighted by Gasteiger charge is 2.37. The summed E-state index contributed by atoms with van der Waals surface area (Å²) >= 11 is 0. The molecular weight excluding hydrogens is 358 g/mol. The number of amides is 2. The molecule has 0 aromatic heterocycles. The molecule has 7 nitrogen and oxygen atoms in total. The van der Waals surface area contributed by atoms with Crippen molar-refractivity contribution in [2.24, 2.45) is 5.92 Å². The molecule has 1 unspecified atom stereocenters. The third-order valence-electron chi connectivity index (χ3n) is 5.10. The minimum Gasteiger partial charge on any atom is -0.320 e. The molecule has 0 saturated carbocycles. The first-order valence-electron chi connectivity index (χ1n) is 9.12. The van der Waals surface area contributed by atoms with Gasteiger partial charge in [-0.05, 0) is 44.4 Å². The molecule has 1 fully saturated rings. The van der Waals surface area contributed by atoms with Gasteiger partial charge in [-0.2, -0.15) is 0 Å². The van der Waals surface area contributed by atoms with Crippen LogP contribution in [-0.2, 0) is 9.59 Å². The Hall–Kier alpha value is -3.22. The lowest BCUT2D eigenvalue weighted by atomic mass is 10.0. The van der Waals surface area contributed by atoms with Gasteiger partial charge in [0.05, 0.1) is 10.8 Å². The third kappa shape index (κ3) is 3.60. The fourth-order valence-corrected chi connectivity index (χ4v) is 3.89. The van der Waals surface area contributed by atoms with E-state index in [1.165, 1.54) is 6.07 Å². The maximum Gasteiger partial charge on any atom is 0.293 e. The Morgan fingerprint density at radius 3 is 2.39 bits per heavy atom. The van der Waals surface area contributed by atoms with Crippen LogP contribution in [0.5, 0.6) is 0 Å². The van der Waals surface area contributed by atoms with Crippen LogP contribution in [0.1, 0.15) is 28.7 Å². The summed E-state index contributed by atoms with van der Waals surface area (Å²) < 4.78 is 0. The quantitative estimate of drug-likeness (QED) is 0.644. The van der Waals surface area contributed by atoms with Crippen LogP contribution in [-0.4, -0.2) is 23.3 Å². The number of hydrogen-bond acceptors (Lipinski definition) is 4. The average molecular weight is 381 g/mol. The minimum absolute atomic E-state index is 0.0816. The summed E-state index contributed by atoms with van der Waals surface area (Å²) in [6.45, 7) is 7.86. The summed E-state index contributed by atoms with van der Waals surface area (Å²) in [5.74, 6) is -1.06. The highest BCUT2D eigenvalue weighted by molar-refractivity contribution is 6.05. The highest BCUT2D eigenvalue weighted by Crippen LogP contribution is 2.33. The molecule has 1 saturated heterocycles. The molecule has 0 aliphatic carbocycles. The number of carbonyl (C=O) groups is 2. The first-order valence-corrected chi connectivity index (χ1v) is 9.12. The molecule has 3 rings (SSSR count). The molecule has 2 aromatic carbocycles. The zero-order valence-corrected chi connectivity index (χ0v) is 16.4. The third-order valence-corrected chi connectivity index (χ3v) is 5.10. The molecule has 146 valence electrons. The van der Waals surface area contributed by atoms with Crippen LogP contribution in [0.25, 0.3) is 0 Å². The zero-order chi connectivity index (χ0) is 20.6. The molecule has 1 N–H and O–H groups in total. The Balaban J connectivity index is 1.83. The van der Waals surface area contributed by atoms with Gasteiger partial charge in [-0.25, -0.2) is 0 Å². The molecule has 7 heteroatoms. The molecule has 1 aliphatic heterocycles. The summed E-state index contributed by atoms with van der Waals surface area (Å²) in [6.07, 6.45) is 0.0816. The van der Waals surface area contributed by atoms with Crippen LogP contribution in [0.3, 0.4) is 0 Å². The van der Waals surface area contributed by atoms with Crippen LogP contribution in [0.4, 0.5) is 17.1 Å². The van der Waals surface area contributed by atoms with Gasteiger partial charge in [-0.3, -0.25) is 19.7 Å². The Labute approximate surface area is 163 Å². The lowest BCUT2D eigenvalue weighted by Gasteiger charge is -2.22. The van der Waals surface area contributed by atoms with Crippen LogP contribution < -0.4 is 10.2 Å². The first-order chi connectivity index (χ1) is 13.2. The first kappa shape index (κ1) is 19.5. The maximum absolute atomic E-state index is 12.8. The van der Waals surface area contributed by atoms with E-state index >= 15 is 0 Å². The fraction of sp³-hybridized carbons (Fsp3) is 0.333. The number of carbonyl (C=O) groups excluding carboxylic acids is 2. The van der Waals surface area contributed by atoms with Crippen molar-refractivity contribution in [1.82, 2.24) is 0 Å². The Morgan fingerprint density at radius 2 is 1.79 bits per heavy atom. The van der Waals surface area contributed by atoms with E-state index in [1.807, 2.05) is 32.9 Å². The number of nitrogens with one attached hydrogen (secondary N) is 1. The second-order valence-corrected chi connectivity index (χ2v) is 7.37. The van der Waals surface area contributed by atoms with E-state index in [-0.39, 0.29) is 36.2 Å². The van der Waals surface area contributed by atoms with Gasteiger partial charge >= 0.3 is 0 Å². The average Bonchev–Trinajstić information content (AvgIpc) is 2.97. The molecule has 28 heavy (non-hydrogen) atoms. The van der Waals surface area contributed by atoms with Crippen LogP contribution in [0, 0.1) is 43.7 Å². The van der Waals surface area contributed by atoms with Crippen molar-refractivity contribution >= 4 is 28.9 Å². The summed E-state index contributed by atoms with van der Waals surface area (Å²) in [4.78, 5) is 37.8. The number of nitrogens with zero attached hydrogens (tertiary/aromatic N) is 2. The number of para-hydroxylation sites is 1. The number of nitro benzene ring substituents is 1. The van der Waals surface area contributed by atoms with Gasteiger partial charge in [-0.1, -0.05) is 29.8 Å². The largest absolute Gasteiger partial charge is 0.320 e. The maximum atomic E-state index is 12.8. The Bertz CT molecular complexity index is 961. The Kier molecular flexibility index (Phi) is 5.18. The number of rotatable bonds is 4. The van der Waals surface area contributed by atoms with E-state index in [0.717, 1.165) is 22.4 Å². The molecular formula is C21H23N3O4. The lowest BCUT2D eigenvalue weighted by Crippen LogP contribution is -2.29.